The van der Waals surface area contributed by atoms with Gasteiger partial charge in [-0.05, 0) is 61.0 Å². The molecule has 1 amide bonds. The van der Waals surface area contributed by atoms with Crippen molar-refractivity contribution in [2.24, 2.45) is 0 Å². The van der Waals surface area contributed by atoms with E-state index in [0.29, 0.717) is 17.1 Å². The average molecular weight is 396 g/mol. The Kier molecular flexibility index (Phi) is 5.44. The molecule has 1 heterocycles. The third-order valence-corrected chi connectivity index (χ3v) is 4.61. The first-order chi connectivity index (χ1) is 14.6. The molecule has 0 aliphatic carbocycles. The van der Waals surface area contributed by atoms with Gasteiger partial charge in [-0.1, -0.05) is 48.0 Å². The maximum atomic E-state index is 12.5. The van der Waals surface area contributed by atoms with Gasteiger partial charge in [0.1, 0.15) is 17.1 Å². The van der Waals surface area contributed by atoms with Gasteiger partial charge in [0.05, 0.1) is 0 Å². The quantitative estimate of drug-likeness (QED) is 0.475. The maximum Gasteiger partial charge on any atom is 0.261 e. The van der Waals surface area contributed by atoms with Gasteiger partial charge in [-0.15, -0.1) is 0 Å². The van der Waals surface area contributed by atoms with Gasteiger partial charge in [-0.25, -0.2) is 0 Å². The number of pyridine rings is 1. The maximum absolute atomic E-state index is 12.5. The molecule has 3 aromatic carbocycles. The Labute approximate surface area is 174 Å². The van der Waals surface area contributed by atoms with Crippen LogP contribution in [0.4, 0.5) is 5.69 Å². The highest BCUT2D eigenvalue weighted by Crippen LogP contribution is 2.23. The summed E-state index contributed by atoms with van der Waals surface area (Å²) in [5.41, 5.74) is 2.88. The zero-order valence-corrected chi connectivity index (χ0v) is 16.4. The SMILES string of the molecule is Cc1ccc(-c2ccc(C(=O)Nc3ccc(Oc4ccccc4)cc3)c(=O)[nH]2)cc1. The summed E-state index contributed by atoms with van der Waals surface area (Å²) in [4.78, 5) is 27.8. The minimum Gasteiger partial charge on any atom is -0.457 e. The molecule has 0 aliphatic heterocycles. The Balaban J connectivity index is 1.46. The van der Waals surface area contributed by atoms with Crippen molar-refractivity contribution in [1.82, 2.24) is 4.98 Å². The summed E-state index contributed by atoms with van der Waals surface area (Å²) >= 11 is 0. The third kappa shape index (κ3) is 4.47. The van der Waals surface area contributed by atoms with Crippen LogP contribution < -0.4 is 15.6 Å². The molecule has 0 fully saturated rings. The number of ether oxygens (including phenoxy) is 1. The summed E-state index contributed by atoms with van der Waals surface area (Å²) in [6.45, 7) is 2.00. The van der Waals surface area contributed by atoms with E-state index < -0.39 is 11.5 Å². The second-order valence-electron chi connectivity index (χ2n) is 6.87. The molecule has 4 aromatic rings. The molecule has 0 radical (unpaired) electrons. The molecular formula is C25H20N2O3. The number of hydrogen-bond acceptors (Lipinski definition) is 3. The lowest BCUT2D eigenvalue weighted by Crippen LogP contribution is -2.23. The van der Waals surface area contributed by atoms with Crippen LogP contribution in [0.25, 0.3) is 11.3 Å². The Morgan fingerprint density at radius 2 is 1.47 bits per heavy atom. The number of aromatic nitrogens is 1. The molecule has 30 heavy (non-hydrogen) atoms. The summed E-state index contributed by atoms with van der Waals surface area (Å²) in [7, 11) is 0. The number of H-pyrrole nitrogens is 1. The first-order valence-electron chi connectivity index (χ1n) is 9.53. The fraction of sp³-hybridized carbons (Fsp3) is 0.0400. The largest absolute Gasteiger partial charge is 0.457 e. The summed E-state index contributed by atoms with van der Waals surface area (Å²) in [6, 6.07) is 27.5. The van der Waals surface area contributed by atoms with Crippen LogP contribution in [0.15, 0.2) is 95.8 Å². The fourth-order valence-corrected chi connectivity index (χ4v) is 2.98. The zero-order valence-electron chi connectivity index (χ0n) is 16.4. The number of rotatable bonds is 5. The smallest absolute Gasteiger partial charge is 0.261 e. The van der Waals surface area contributed by atoms with Crippen LogP contribution in [0.3, 0.4) is 0 Å². The number of aryl methyl sites for hydroxylation is 1. The highest BCUT2D eigenvalue weighted by atomic mass is 16.5. The molecule has 4 rings (SSSR count). The van der Waals surface area contributed by atoms with E-state index in [1.54, 1.807) is 30.3 Å². The second-order valence-corrected chi connectivity index (χ2v) is 6.87. The monoisotopic (exact) mass is 396 g/mol. The molecule has 5 nitrogen and oxygen atoms in total. The van der Waals surface area contributed by atoms with Gasteiger partial charge < -0.3 is 15.0 Å². The molecule has 0 unspecified atom stereocenters. The Morgan fingerprint density at radius 1 is 0.800 bits per heavy atom. The number of para-hydroxylation sites is 1. The van der Waals surface area contributed by atoms with Gasteiger partial charge in [0.25, 0.3) is 11.5 Å². The van der Waals surface area contributed by atoms with Gasteiger partial charge in [0.15, 0.2) is 0 Å². The van der Waals surface area contributed by atoms with E-state index in [1.807, 2.05) is 61.5 Å². The van der Waals surface area contributed by atoms with Crippen molar-refractivity contribution >= 4 is 11.6 Å². The van der Waals surface area contributed by atoms with E-state index in [4.69, 9.17) is 4.74 Å². The van der Waals surface area contributed by atoms with E-state index in [-0.39, 0.29) is 5.56 Å². The number of nitrogens with one attached hydrogen (secondary N) is 2. The van der Waals surface area contributed by atoms with Crippen molar-refractivity contribution in [3.63, 3.8) is 0 Å². The standard InChI is InChI=1S/C25H20N2O3/c1-17-7-9-18(10-8-17)23-16-15-22(25(29)27-23)24(28)26-19-11-13-21(14-12-19)30-20-5-3-2-4-6-20/h2-16H,1H3,(H,26,28)(H,27,29). The highest BCUT2D eigenvalue weighted by molar-refractivity contribution is 6.04. The number of benzene rings is 3. The molecule has 2 N–H and O–H groups in total. The molecule has 1 aromatic heterocycles. The van der Waals surface area contributed by atoms with E-state index in [0.717, 1.165) is 16.9 Å². The normalized spacial score (nSPS) is 10.4. The summed E-state index contributed by atoms with van der Waals surface area (Å²) < 4.78 is 5.74. The average Bonchev–Trinajstić information content (AvgIpc) is 2.76. The number of hydrogen-bond donors (Lipinski definition) is 2. The number of anilines is 1. The molecule has 0 bridgehead atoms. The molecule has 0 saturated heterocycles. The molecule has 5 heteroatoms. The lowest BCUT2D eigenvalue weighted by atomic mass is 10.1. The molecule has 0 atom stereocenters. The molecule has 0 aliphatic rings. The minimum absolute atomic E-state index is 0.0514. The Hall–Kier alpha value is -4.12. The van der Waals surface area contributed by atoms with Crippen LogP contribution >= 0.6 is 0 Å². The first-order valence-corrected chi connectivity index (χ1v) is 9.53. The number of carbonyl (C=O) groups is 1. The molecule has 148 valence electrons. The topological polar surface area (TPSA) is 71.2 Å². The Bertz CT molecular complexity index is 1210. The van der Waals surface area contributed by atoms with E-state index in [1.165, 1.54) is 6.07 Å². The van der Waals surface area contributed by atoms with Crippen molar-refractivity contribution < 1.29 is 9.53 Å². The third-order valence-electron chi connectivity index (χ3n) is 4.61. The lowest BCUT2D eigenvalue weighted by molar-refractivity contribution is 0.102. The van der Waals surface area contributed by atoms with Crippen molar-refractivity contribution in [2.75, 3.05) is 5.32 Å². The van der Waals surface area contributed by atoms with Crippen molar-refractivity contribution in [1.29, 1.82) is 0 Å². The van der Waals surface area contributed by atoms with Crippen LogP contribution in [0, 0.1) is 6.92 Å². The van der Waals surface area contributed by atoms with Gasteiger partial charge in [-0.2, -0.15) is 0 Å². The van der Waals surface area contributed by atoms with Crippen LogP contribution in [-0.4, -0.2) is 10.9 Å². The summed E-state index contributed by atoms with van der Waals surface area (Å²) in [6.07, 6.45) is 0. The predicted octanol–water partition coefficient (Wildman–Crippen LogP) is 5.39. The predicted molar refractivity (Wildman–Crippen MR) is 118 cm³/mol. The van der Waals surface area contributed by atoms with Crippen LogP contribution in [0.1, 0.15) is 15.9 Å². The van der Waals surface area contributed by atoms with Crippen LogP contribution in [0.2, 0.25) is 0 Å². The van der Waals surface area contributed by atoms with Gasteiger partial charge in [-0.3, -0.25) is 9.59 Å². The molecular weight excluding hydrogens is 376 g/mol. The number of carbonyl (C=O) groups excluding carboxylic acids is 1. The van der Waals surface area contributed by atoms with Crippen molar-refractivity contribution in [3.8, 4) is 22.8 Å². The van der Waals surface area contributed by atoms with Crippen molar-refractivity contribution in [2.45, 2.75) is 6.92 Å². The summed E-state index contributed by atoms with van der Waals surface area (Å²) in [5.74, 6) is 0.914. The number of aromatic amines is 1. The highest BCUT2D eigenvalue weighted by Gasteiger charge is 2.12. The number of amides is 1. The van der Waals surface area contributed by atoms with E-state index in [9.17, 15) is 9.59 Å². The van der Waals surface area contributed by atoms with Crippen LogP contribution in [0.5, 0.6) is 11.5 Å². The van der Waals surface area contributed by atoms with Gasteiger partial charge in [0.2, 0.25) is 0 Å². The minimum atomic E-state index is -0.469. The Morgan fingerprint density at radius 3 is 2.13 bits per heavy atom. The second kappa shape index (κ2) is 8.49. The van der Waals surface area contributed by atoms with Gasteiger partial charge >= 0.3 is 0 Å². The first kappa shape index (κ1) is 19.2. The molecule has 0 spiro atoms. The van der Waals surface area contributed by atoms with E-state index in [2.05, 4.69) is 10.3 Å². The molecule has 0 saturated carbocycles. The zero-order chi connectivity index (χ0) is 20.9. The lowest BCUT2D eigenvalue weighted by Gasteiger charge is -2.08. The van der Waals surface area contributed by atoms with Crippen LogP contribution in [-0.2, 0) is 0 Å². The summed E-state index contributed by atoms with van der Waals surface area (Å²) in [5, 5.41) is 2.74. The van der Waals surface area contributed by atoms with Crippen molar-refractivity contribution in [3.05, 3.63) is 112 Å². The fourth-order valence-electron chi connectivity index (χ4n) is 2.98. The van der Waals surface area contributed by atoms with E-state index >= 15 is 0 Å². The van der Waals surface area contributed by atoms with Gasteiger partial charge in [0, 0.05) is 11.4 Å².